The fourth-order valence-electron chi connectivity index (χ4n) is 1.17. The number of unbranched alkanes of at least 4 members (excludes halogenated alkanes) is 1. The Kier molecular flexibility index (Phi) is 4.40. The van der Waals surface area contributed by atoms with Crippen LogP contribution in [-0.2, 0) is 6.42 Å². The minimum atomic E-state index is -0.982. The number of carboxylic acid groups (broad SMARTS) is 1. The quantitative estimate of drug-likeness (QED) is 0.603. The number of hydrogen-bond donors (Lipinski definition) is 1. The van der Waals surface area contributed by atoms with Crippen molar-refractivity contribution in [3.63, 3.8) is 0 Å². The average molecular weight is 214 g/mol. The molecule has 0 aliphatic carbocycles. The molecule has 0 fully saturated rings. The van der Waals surface area contributed by atoms with Crippen LogP contribution in [0, 0.1) is 0 Å². The van der Waals surface area contributed by atoms with Gasteiger partial charge in [0.05, 0.1) is 0 Å². The van der Waals surface area contributed by atoms with E-state index < -0.39 is 5.97 Å². The molecule has 0 aromatic carbocycles. The van der Waals surface area contributed by atoms with E-state index in [1.54, 1.807) is 6.07 Å². The fourth-order valence-corrected chi connectivity index (χ4v) is 1.36. The molecular weight excluding hydrogens is 202 g/mol. The zero-order valence-electron chi connectivity index (χ0n) is 7.74. The zero-order valence-corrected chi connectivity index (χ0v) is 8.50. The highest BCUT2D eigenvalue weighted by Crippen LogP contribution is 2.06. The summed E-state index contributed by atoms with van der Waals surface area (Å²) in [7, 11) is 0. The summed E-state index contributed by atoms with van der Waals surface area (Å²) in [6, 6.07) is 3.44. The predicted molar refractivity (Wildman–Crippen MR) is 54.9 cm³/mol. The number of pyridine rings is 1. The van der Waals surface area contributed by atoms with Gasteiger partial charge in [0.15, 0.2) is 0 Å². The first-order chi connectivity index (χ1) is 6.74. The molecule has 1 heterocycles. The number of halogens is 1. The van der Waals surface area contributed by atoms with Crippen LogP contribution in [0.2, 0.25) is 0 Å². The maximum atomic E-state index is 10.6. The average Bonchev–Trinajstić information content (AvgIpc) is 2.19. The molecule has 0 aliphatic rings. The Bertz CT molecular complexity index is 315. The molecule has 0 aliphatic heterocycles. The maximum absolute atomic E-state index is 10.6. The van der Waals surface area contributed by atoms with Crippen LogP contribution in [0.15, 0.2) is 18.3 Å². The van der Waals surface area contributed by atoms with Gasteiger partial charge in [0.25, 0.3) is 0 Å². The summed E-state index contributed by atoms with van der Waals surface area (Å²) >= 11 is 5.54. The summed E-state index contributed by atoms with van der Waals surface area (Å²) in [5.41, 5.74) is 1.11. The third-order valence-electron chi connectivity index (χ3n) is 1.89. The lowest BCUT2D eigenvalue weighted by Crippen LogP contribution is -2.00. The van der Waals surface area contributed by atoms with Crippen LogP contribution in [0.4, 0.5) is 0 Å². The summed E-state index contributed by atoms with van der Waals surface area (Å²) in [4.78, 5) is 14.3. The second-order valence-corrected chi connectivity index (χ2v) is 3.38. The van der Waals surface area contributed by atoms with Gasteiger partial charge < -0.3 is 5.11 Å². The van der Waals surface area contributed by atoms with E-state index in [4.69, 9.17) is 16.7 Å². The number of aryl methyl sites for hydroxylation is 1. The predicted octanol–water partition coefficient (Wildman–Crippen LogP) is 2.34. The second-order valence-electron chi connectivity index (χ2n) is 3.00. The fraction of sp³-hybridized carbons (Fsp3) is 0.400. The standard InChI is InChI=1S/C10H12ClNO2/c11-5-2-1-3-8-4-6-12-9(7-8)10(13)14/h4,6-7H,1-3,5H2,(H,13,14). The molecule has 0 spiro atoms. The van der Waals surface area contributed by atoms with Gasteiger partial charge in [0.1, 0.15) is 5.69 Å². The first-order valence-corrected chi connectivity index (χ1v) is 5.01. The number of hydrogen-bond acceptors (Lipinski definition) is 2. The summed E-state index contributed by atoms with van der Waals surface area (Å²) in [5, 5.41) is 8.70. The summed E-state index contributed by atoms with van der Waals surface area (Å²) in [5.74, 6) is -0.333. The minimum absolute atomic E-state index is 0.105. The molecule has 0 bridgehead atoms. The molecule has 4 heteroatoms. The van der Waals surface area contributed by atoms with E-state index in [9.17, 15) is 4.79 Å². The van der Waals surface area contributed by atoms with Crippen molar-refractivity contribution in [3.05, 3.63) is 29.6 Å². The van der Waals surface area contributed by atoms with Crippen molar-refractivity contribution in [1.82, 2.24) is 4.98 Å². The Morgan fingerprint density at radius 1 is 1.50 bits per heavy atom. The highest BCUT2D eigenvalue weighted by Gasteiger charge is 2.04. The van der Waals surface area contributed by atoms with E-state index in [-0.39, 0.29) is 5.69 Å². The molecule has 0 unspecified atom stereocenters. The molecule has 76 valence electrons. The summed E-state index contributed by atoms with van der Waals surface area (Å²) in [6.45, 7) is 0. The summed E-state index contributed by atoms with van der Waals surface area (Å²) < 4.78 is 0. The van der Waals surface area contributed by atoms with Crippen LogP contribution in [0.3, 0.4) is 0 Å². The molecule has 1 N–H and O–H groups in total. The van der Waals surface area contributed by atoms with E-state index in [1.165, 1.54) is 6.20 Å². The van der Waals surface area contributed by atoms with Gasteiger partial charge in [-0.25, -0.2) is 9.78 Å². The Morgan fingerprint density at radius 3 is 2.93 bits per heavy atom. The van der Waals surface area contributed by atoms with Crippen LogP contribution in [0.25, 0.3) is 0 Å². The molecule has 1 rings (SSSR count). The van der Waals surface area contributed by atoms with E-state index >= 15 is 0 Å². The molecule has 0 atom stereocenters. The molecule has 0 saturated carbocycles. The van der Waals surface area contributed by atoms with Gasteiger partial charge in [0, 0.05) is 12.1 Å². The minimum Gasteiger partial charge on any atom is -0.477 e. The van der Waals surface area contributed by atoms with Crippen molar-refractivity contribution < 1.29 is 9.90 Å². The molecule has 0 radical (unpaired) electrons. The monoisotopic (exact) mass is 213 g/mol. The smallest absolute Gasteiger partial charge is 0.354 e. The van der Waals surface area contributed by atoms with Crippen LogP contribution >= 0.6 is 11.6 Å². The van der Waals surface area contributed by atoms with Crippen LogP contribution in [0.1, 0.15) is 28.9 Å². The van der Waals surface area contributed by atoms with E-state index in [0.717, 1.165) is 24.8 Å². The number of aromatic carboxylic acids is 1. The molecule has 1 aromatic heterocycles. The number of nitrogens with zero attached hydrogens (tertiary/aromatic N) is 1. The van der Waals surface area contributed by atoms with Crippen molar-refractivity contribution in [2.45, 2.75) is 19.3 Å². The van der Waals surface area contributed by atoms with Gasteiger partial charge >= 0.3 is 5.97 Å². The first kappa shape index (κ1) is 11.0. The van der Waals surface area contributed by atoms with Crippen LogP contribution < -0.4 is 0 Å². The number of carbonyl (C=O) groups is 1. The van der Waals surface area contributed by atoms with Gasteiger partial charge in [-0.3, -0.25) is 0 Å². The number of carboxylic acids is 1. The number of alkyl halides is 1. The maximum Gasteiger partial charge on any atom is 0.354 e. The van der Waals surface area contributed by atoms with E-state index in [1.807, 2.05) is 6.07 Å². The molecule has 0 amide bonds. The lowest BCUT2D eigenvalue weighted by Gasteiger charge is -2.00. The molecule has 1 aromatic rings. The lowest BCUT2D eigenvalue weighted by molar-refractivity contribution is 0.0690. The molecule has 14 heavy (non-hydrogen) atoms. The number of rotatable bonds is 5. The first-order valence-electron chi connectivity index (χ1n) is 4.48. The highest BCUT2D eigenvalue weighted by molar-refractivity contribution is 6.17. The van der Waals surface area contributed by atoms with Crippen molar-refractivity contribution in [1.29, 1.82) is 0 Å². The third-order valence-corrected chi connectivity index (χ3v) is 2.16. The van der Waals surface area contributed by atoms with E-state index in [0.29, 0.717) is 5.88 Å². The Labute approximate surface area is 87.7 Å². The summed E-state index contributed by atoms with van der Waals surface area (Å²) in [6.07, 6.45) is 4.31. The Balaban J connectivity index is 2.59. The van der Waals surface area contributed by atoms with Gasteiger partial charge in [-0.15, -0.1) is 11.6 Å². The zero-order chi connectivity index (χ0) is 10.4. The second kappa shape index (κ2) is 5.60. The largest absolute Gasteiger partial charge is 0.477 e. The van der Waals surface area contributed by atoms with Crippen LogP contribution in [-0.4, -0.2) is 21.9 Å². The van der Waals surface area contributed by atoms with Crippen molar-refractivity contribution in [3.8, 4) is 0 Å². The topological polar surface area (TPSA) is 50.2 Å². The van der Waals surface area contributed by atoms with Crippen molar-refractivity contribution >= 4 is 17.6 Å². The Hall–Kier alpha value is -1.09. The van der Waals surface area contributed by atoms with Crippen LogP contribution in [0.5, 0.6) is 0 Å². The molecule has 3 nitrogen and oxygen atoms in total. The van der Waals surface area contributed by atoms with Gasteiger partial charge in [-0.05, 0) is 37.0 Å². The van der Waals surface area contributed by atoms with Gasteiger partial charge in [0.2, 0.25) is 0 Å². The highest BCUT2D eigenvalue weighted by atomic mass is 35.5. The SMILES string of the molecule is O=C(O)c1cc(CCCCCl)ccn1. The normalized spacial score (nSPS) is 10.1. The third kappa shape index (κ3) is 3.34. The molecular formula is C10H12ClNO2. The van der Waals surface area contributed by atoms with Crippen molar-refractivity contribution in [2.75, 3.05) is 5.88 Å². The van der Waals surface area contributed by atoms with Gasteiger partial charge in [-0.1, -0.05) is 0 Å². The van der Waals surface area contributed by atoms with Crippen molar-refractivity contribution in [2.24, 2.45) is 0 Å². The lowest BCUT2D eigenvalue weighted by atomic mass is 10.1. The van der Waals surface area contributed by atoms with E-state index in [2.05, 4.69) is 4.98 Å². The molecule has 0 saturated heterocycles. The Morgan fingerprint density at radius 2 is 2.29 bits per heavy atom. The number of aromatic nitrogens is 1. The van der Waals surface area contributed by atoms with Gasteiger partial charge in [-0.2, -0.15) is 0 Å².